The van der Waals surface area contributed by atoms with Gasteiger partial charge in [0.25, 0.3) is 10.1 Å². The van der Waals surface area contributed by atoms with Gasteiger partial charge in [-0.2, -0.15) is 8.42 Å². The van der Waals surface area contributed by atoms with E-state index in [0.717, 1.165) is 19.3 Å². The van der Waals surface area contributed by atoms with Crippen molar-refractivity contribution in [3.63, 3.8) is 0 Å². The molecule has 4 aliphatic rings. The van der Waals surface area contributed by atoms with Gasteiger partial charge in [0, 0.05) is 23.4 Å². The number of benzene rings is 1. The summed E-state index contributed by atoms with van der Waals surface area (Å²) in [5.74, 6) is -1.11. The number of alkyl carbamates (subject to hydrolysis) is 1. The largest absolute Gasteiger partial charge is 0.467 e. The van der Waals surface area contributed by atoms with Gasteiger partial charge < -0.3 is 25.0 Å². The van der Waals surface area contributed by atoms with E-state index in [4.69, 9.17) is 13.7 Å². The van der Waals surface area contributed by atoms with Crippen molar-refractivity contribution in [2.75, 3.05) is 13.7 Å². The monoisotopic (exact) mass is 709 g/mol. The van der Waals surface area contributed by atoms with Crippen LogP contribution < -0.4 is 10.6 Å². The highest BCUT2D eigenvalue weighted by molar-refractivity contribution is 9.10. The SMILES string of the molecule is C=C[C@@H]1C[C@@]1(NC(=O)[C@@H]1C[C@H](OS(=O)(=O)c2ccc(Br)cc2)CN1C(=O)[C@@H](NC(=O)O[C@@H]1C[C@@H]2C[C@@H]2C1)C(C)(C)C)C(=O)OC. The topological polar surface area (TPSA) is 157 Å². The lowest BCUT2D eigenvalue weighted by molar-refractivity contribution is -0.148. The van der Waals surface area contributed by atoms with Crippen LogP contribution in [0.1, 0.15) is 52.9 Å². The maximum Gasteiger partial charge on any atom is 0.408 e. The molecule has 0 aromatic heterocycles. The normalized spacial score (nSPS) is 30.9. The van der Waals surface area contributed by atoms with Crippen LogP contribution in [0, 0.1) is 23.2 Å². The van der Waals surface area contributed by atoms with Gasteiger partial charge in [-0.3, -0.25) is 13.8 Å². The van der Waals surface area contributed by atoms with Gasteiger partial charge in [-0.25, -0.2) is 9.59 Å². The Labute approximate surface area is 271 Å². The van der Waals surface area contributed by atoms with Crippen LogP contribution in [0.3, 0.4) is 0 Å². The highest BCUT2D eigenvalue weighted by atomic mass is 79.9. The number of hydrogen-bond acceptors (Lipinski definition) is 9. The molecule has 4 fully saturated rings. The van der Waals surface area contributed by atoms with Crippen molar-refractivity contribution in [3.8, 4) is 0 Å². The Bertz CT molecular complexity index is 1470. The zero-order chi connectivity index (χ0) is 32.9. The minimum atomic E-state index is -4.26. The van der Waals surface area contributed by atoms with Crippen LogP contribution in [0.2, 0.25) is 0 Å². The van der Waals surface area contributed by atoms with E-state index in [1.54, 1.807) is 39.0 Å². The predicted molar refractivity (Wildman–Crippen MR) is 165 cm³/mol. The number of likely N-dealkylation sites (tertiary alicyclic amines) is 1. The van der Waals surface area contributed by atoms with E-state index < -0.39 is 63.1 Å². The van der Waals surface area contributed by atoms with E-state index in [9.17, 15) is 27.6 Å². The van der Waals surface area contributed by atoms with Crippen LogP contribution in [0.15, 0.2) is 46.3 Å². The summed E-state index contributed by atoms with van der Waals surface area (Å²) in [5, 5.41) is 5.45. The highest BCUT2D eigenvalue weighted by Crippen LogP contribution is 2.52. The zero-order valence-electron chi connectivity index (χ0n) is 25.8. The standard InChI is InChI=1S/C31H40BrN3O9S/c1-6-19-15-31(19,28(38)42-5)34-26(36)24-14-22(44-45(40,41)23-9-7-20(32)8-10-23)16-35(24)27(37)25(30(2,3)4)33-29(39)43-21-12-17-11-18(17)13-21/h6-10,17-19,21-22,24-25H,1,11-16H2,2-5H3,(H,33,39)(H,34,36)/t17-,18+,19-,21+,22+,24+,25-,31+/m1/s1. The van der Waals surface area contributed by atoms with Crippen LogP contribution in [0.5, 0.6) is 0 Å². The van der Waals surface area contributed by atoms with Gasteiger partial charge in [0.2, 0.25) is 11.8 Å². The van der Waals surface area contributed by atoms with Gasteiger partial charge in [-0.1, -0.05) is 42.8 Å². The molecule has 1 aromatic carbocycles. The number of halogens is 1. The molecule has 45 heavy (non-hydrogen) atoms. The molecular weight excluding hydrogens is 670 g/mol. The molecule has 0 radical (unpaired) electrons. The predicted octanol–water partition coefficient (Wildman–Crippen LogP) is 3.30. The number of carbonyl (C=O) groups is 4. The van der Waals surface area contributed by atoms with Gasteiger partial charge >= 0.3 is 12.1 Å². The number of hydrogen-bond donors (Lipinski definition) is 2. The van der Waals surface area contributed by atoms with Crippen molar-refractivity contribution < 1.29 is 41.3 Å². The second kappa shape index (κ2) is 12.3. The number of rotatable bonds is 10. The number of fused-ring (bicyclic) bond motifs is 1. The molecule has 8 atom stereocenters. The van der Waals surface area contributed by atoms with Crippen molar-refractivity contribution in [3.05, 3.63) is 41.4 Å². The highest BCUT2D eigenvalue weighted by Gasteiger charge is 2.62. The van der Waals surface area contributed by atoms with E-state index in [-0.39, 0.29) is 36.3 Å². The Morgan fingerprint density at radius 3 is 2.27 bits per heavy atom. The van der Waals surface area contributed by atoms with E-state index in [0.29, 0.717) is 16.3 Å². The second-order valence-corrected chi connectivity index (χ2v) is 16.1. The Morgan fingerprint density at radius 2 is 1.71 bits per heavy atom. The summed E-state index contributed by atoms with van der Waals surface area (Å²) < 4.78 is 43.1. The fraction of sp³-hybridized carbons (Fsp3) is 0.613. The molecule has 3 saturated carbocycles. The smallest absolute Gasteiger partial charge is 0.408 e. The molecule has 12 nitrogen and oxygen atoms in total. The lowest BCUT2D eigenvalue weighted by Gasteiger charge is -2.35. The summed E-state index contributed by atoms with van der Waals surface area (Å²) in [6.07, 6.45) is 2.40. The number of ether oxygens (including phenoxy) is 2. The number of nitrogens with zero attached hydrogens (tertiary/aromatic N) is 1. The first kappa shape index (κ1) is 33.4. The van der Waals surface area contributed by atoms with Gasteiger partial charge in [-0.05, 0) is 67.2 Å². The molecule has 0 bridgehead atoms. The Hall–Kier alpha value is -2.97. The van der Waals surface area contributed by atoms with E-state index in [1.807, 2.05) is 0 Å². The van der Waals surface area contributed by atoms with Gasteiger partial charge in [-0.15, -0.1) is 6.58 Å². The minimum absolute atomic E-state index is 0.0885. The maximum atomic E-state index is 14.2. The first-order valence-corrected chi connectivity index (χ1v) is 17.3. The fourth-order valence-corrected chi connectivity index (χ4v) is 7.90. The van der Waals surface area contributed by atoms with Gasteiger partial charge in [0.1, 0.15) is 23.7 Å². The average molecular weight is 711 g/mol. The lowest BCUT2D eigenvalue weighted by atomic mass is 9.85. The van der Waals surface area contributed by atoms with Crippen molar-refractivity contribution in [2.24, 2.45) is 23.2 Å². The van der Waals surface area contributed by atoms with Crippen LogP contribution in [0.4, 0.5) is 4.79 Å². The Kier molecular flexibility index (Phi) is 9.15. The molecule has 246 valence electrons. The molecule has 5 rings (SSSR count). The third-order valence-corrected chi connectivity index (χ3v) is 11.2. The van der Waals surface area contributed by atoms with E-state index in [1.165, 1.54) is 24.1 Å². The molecular formula is C31H40BrN3O9S. The minimum Gasteiger partial charge on any atom is -0.467 e. The van der Waals surface area contributed by atoms with Crippen molar-refractivity contribution in [1.29, 1.82) is 0 Å². The summed E-state index contributed by atoms with van der Waals surface area (Å²) in [6, 6.07) is 3.55. The molecule has 3 amide bonds. The first-order chi connectivity index (χ1) is 21.1. The molecule has 2 N–H and O–H groups in total. The molecule has 1 saturated heterocycles. The van der Waals surface area contributed by atoms with Gasteiger partial charge in [0.15, 0.2) is 0 Å². The second-order valence-electron chi connectivity index (χ2n) is 13.6. The Balaban J connectivity index is 1.37. The zero-order valence-corrected chi connectivity index (χ0v) is 28.2. The van der Waals surface area contributed by atoms with Crippen LogP contribution in [-0.2, 0) is 38.2 Å². The van der Waals surface area contributed by atoms with Crippen LogP contribution in [0.25, 0.3) is 0 Å². The average Bonchev–Trinajstić information content (AvgIpc) is 3.78. The van der Waals surface area contributed by atoms with Crippen LogP contribution >= 0.6 is 15.9 Å². The lowest BCUT2D eigenvalue weighted by Crippen LogP contribution is -2.59. The summed E-state index contributed by atoms with van der Waals surface area (Å²) in [5.41, 5.74) is -2.15. The molecule has 0 unspecified atom stereocenters. The molecule has 1 aromatic rings. The number of carbonyl (C=O) groups excluding carboxylic acids is 4. The fourth-order valence-electron chi connectivity index (χ4n) is 6.56. The molecule has 1 heterocycles. The van der Waals surface area contributed by atoms with Crippen LogP contribution in [-0.4, -0.2) is 80.7 Å². The Morgan fingerprint density at radius 1 is 1.07 bits per heavy atom. The summed E-state index contributed by atoms with van der Waals surface area (Å²) in [4.78, 5) is 54.8. The number of methoxy groups -OCH3 is 1. The molecule has 0 spiro atoms. The number of nitrogens with one attached hydrogen (secondary N) is 2. The maximum absolute atomic E-state index is 14.2. The van der Waals surface area contributed by atoms with Crippen molar-refractivity contribution in [2.45, 2.75) is 87.6 Å². The third-order valence-electron chi connectivity index (χ3n) is 9.26. The first-order valence-electron chi connectivity index (χ1n) is 15.1. The summed E-state index contributed by atoms with van der Waals surface area (Å²) >= 11 is 3.27. The number of amides is 3. The van der Waals surface area contributed by atoms with E-state index >= 15 is 0 Å². The van der Waals surface area contributed by atoms with Crippen molar-refractivity contribution in [1.82, 2.24) is 15.5 Å². The van der Waals surface area contributed by atoms with E-state index in [2.05, 4.69) is 33.1 Å². The summed E-state index contributed by atoms with van der Waals surface area (Å²) in [6.45, 7) is 8.77. The number of esters is 1. The quantitative estimate of drug-likeness (QED) is 0.211. The molecule has 14 heteroatoms. The van der Waals surface area contributed by atoms with Crippen molar-refractivity contribution >= 4 is 49.9 Å². The molecule has 3 aliphatic carbocycles. The molecule has 1 aliphatic heterocycles. The van der Waals surface area contributed by atoms with Gasteiger partial charge in [0.05, 0.1) is 18.1 Å². The third kappa shape index (κ3) is 7.07. The summed E-state index contributed by atoms with van der Waals surface area (Å²) in [7, 11) is -3.05.